The van der Waals surface area contributed by atoms with Gasteiger partial charge in [-0.1, -0.05) is 27.5 Å². The third-order valence-corrected chi connectivity index (χ3v) is 3.54. The summed E-state index contributed by atoms with van der Waals surface area (Å²) in [6.45, 7) is -2.06. The molecule has 0 bridgehead atoms. The van der Waals surface area contributed by atoms with Gasteiger partial charge in [-0.2, -0.15) is 13.9 Å². The van der Waals surface area contributed by atoms with E-state index in [0.717, 1.165) is 0 Å². The van der Waals surface area contributed by atoms with Crippen LogP contribution in [-0.2, 0) is 6.54 Å². The highest BCUT2D eigenvalue weighted by Gasteiger charge is 2.16. The molecule has 0 saturated heterocycles. The number of benzene rings is 1. The summed E-state index contributed by atoms with van der Waals surface area (Å²) < 4.78 is 31.4. The average molecular weight is 409 g/mol. The SMILES string of the molecule is O=C(NCCCn1cc(Cl)cn1)c1cc(Br)ccc1OC(F)F. The number of nitrogens with zero attached hydrogens (tertiary/aromatic N) is 2. The number of aryl methyl sites for hydroxylation is 1. The topological polar surface area (TPSA) is 56.2 Å². The first-order valence-electron chi connectivity index (χ1n) is 6.66. The van der Waals surface area contributed by atoms with Crippen LogP contribution in [0.3, 0.4) is 0 Å². The largest absolute Gasteiger partial charge is 0.434 e. The van der Waals surface area contributed by atoms with Crippen molar-refractivity contribution in [3.63, 3.8) is 0 Å². The Bertz CT molecular complexity index is 682. The summed E-state index contributed by atoms with van der Waals surface area (Å²) in [6.07, 6.45) is 3.81. The van der Waals surface area contributed by atoms with Crippen molar-refractivity contribution < 1.29 is 18.3 Å². The van der Waals surface area contributed by atoms with E-state index in [1.54, 1.807) is 10.9 Å². The van der Waals surface area contributed by atoms with Gasteiger partial charge in [0.25, 0.3) is 5.91 Å². The molecule has 0 aliphatic heterocycles. The van der Waals surface area contributed by atoms with E-state index >= 15 is 0 Å². The van der Waals surface area contributed by atoms with E-state index in [1.807, 2.05) is 0 Å². The van der Waals surface area contributed by atoms with Crippen LogP contribution in [-0.4, -0.2) is 28.8 Å². The summed E-state index contributed by atoms with van der Waals surface area (Å²) in [4.78, 5) is 12.1. The lowest BCUT2D eigenvalue weighted by Gasteiger charge is -2.11. The van der Waals surface area contributed by atoms with Crippen molar-refractivity contribution >= 4 is 33.4 Å². The number of nitrogens with one attached hydrogen (secondary N) is 1. The monoisotopic (exact) mass is 407 g/mol. The van der Waals surface area contributed by atoms with Gasteiger partial charge in [0.1, 0.15) is 5.75 Å². The van der Waals surface area contributed by atoms with E-state index in [9.17, 15) is 13.6 Å². The smallest absolute Gasteiger partial charge is 0.387 e. The maximum absolute atomic E-state index is 12.4. The average Bonchev–Trinajstić information content (AvgIpc) is 2.90. The van der Waals surface area contributed by atoms with Crippen LogP contribution < -0.4 is 10.1 Å². The second-order valence-electron chi connectivity index (χ2n) is 4.55. The van der Waals surface area contributed by atoms with Crippen LogP contribution in [0.25, 0.3) is 0 Å². The summed E-state index contributed by atoms with van der Waals surface area (Å²) in [5.41, 5.74) is 0.0433. The number of ether oxygens (including phenoxy) is 1. The fourth-order valence-electron chi connectivity index (χ4n) is 1.88. The molecule has 5 nitrogen and oxygen atoms in total. The van der Waals surface area contributed by atoms with E-state index in [0.29, 0.717) is 29.0 Å². The van der Waals surface area contributed by atoms with Crippen molar-refractivity contribution in [3.05, 3.63) is 45.7 Å². The lowest BCUT2D eigenvalue weighted by atomic mass is 10.2. The molecule has 9 heteroatoms. The molecular formula is C14H13BrClF2N3O2. The van der Waals surface area contributed by atoms with Gasteiger partial charge in [0, 0.05) is 23.8 Å². The van der Waals surface area contributed by atoms with Gasteiger partial charge in [-0.15, -0.1) is 0 Å². The molecule has 1 N–H and O–H groups in total. The maximum Gasteiger partial charge on any atom is 0.387 e. The highest BCUT2D eigenvalue weighted by atomic mass is 79.9. The number of carbonyl (C=O) groups is 1. The van der Waals surface area contributed by atoms with Crippen molar-refractivity contribution in [1.82, 2.24) is 15.1 Å². The zero-order valence-electron chi connectivity index (χ0n) is 11.8. The van der Waals surface area contributed by atoms with Crippen LogP contribution in [0.15, 0.2) is 35.1 Å². The van der Waals surface area contributed by atoms with Crippen molar-refractivity contribution in [2.45, 2.75) is 19.6 Å². The Morgan fingerprint density at radius 1 is 1.48 bits per heavy atom. The lowest BCUT2D eigenvalue weighted by molar-refractivity contribution is -0.0501. The number of amides is 1. The van der Waals surface area contributed by atoms with Gasteiger partial charge in [0.05, 0.1) is 16.8 Å². The summed E-state index contributed by atoms with van der Waals surface area (Å²) >= 11 is 8.94. The standard InChI is InChI=1S/C14H13BrClF2N3O2/c15-9-2-3-12(23-14(17)18)11(6-9)13(22)19-4-1-5-21-8-10(16)7-20-21/h2-3,6-8,14H,1,4-5H2,(H,19,22). The molecule has 1 amide bonds. The number of halogens is 4. The minimum Gasteiger partial charge on any atom is -0.434 e. The normalized spacial score (nSPS) is 10.8. The number of rotatable bonds is 7. The Kier molecular flexibility index (Phi) is 6.35. The van der Waals surface area contributed by atoms with Gasteiger partial charge in [-0.3, -0.25) is 9.48 Å². The first-order chi connectivity index (χ1) is 11.0. The second kappa shape index (κ2) is 8.26. The molecule has 1 aromatic carbocycles. The highest BCUT2D eigenvalue weighted by Crippen LogP contribution is 2.24. The molecule has 1 aromatic heterocycles. The first kappa shape index (κ1) is 17.7. The highest BCUT2D eigenvalue weighted by molar-refractivity contribution is 9.10. The molecule has 0 radical (unpaired) electrons. The van der Waals surface area contributed by atoms with Crippen LogP contribution >= 0.6 is 27.5 Å². The number of carbonyl (C=O) groups excluding carboxylic acids is 1. The minimum absolute atomic E-state index is 0.0433. The zero-order chi connectivity index (χ0) is 16.8. The Labute approximate surface area is 144 Å². The van der Waals surface area contributed by atoms with Crippen LogP contribution in [0.1, 0.15) is 16.8 Å². The molecule has 0 unspecified atom stereocenters. The van der Waals surface area contributed by atoms with Crippen LogP contribution in [0, 0.1) is 0 Å². The maximum atomic E-state index is 12.4. The zero-order valence-corrected chi connectivity index (χ0v) is 14.2. The molecule has 2 rings (SSSR count). The van der Waals surface area contributed by atoms with Crippen molar-refractivity contribution in [3.8, 4) is 5.75 Å². The van der Waals surface area contributed by atoms with Crippen molar-refractivity contribution in [2.24, 2.45) is 0 Å². The van der Waals surface area contributed by atoms with Gasteiger partial charge in [0.2, 0.25) is 0 Å². The Morgan fingerprint density at radius 3 is 2.91 bits per heavy atom. The summed E-state index contributed by atoms with van der Waals surface area (Å²) in [5.74, 6) is -0.653. The van der Waals surface area contributed by atoms with Crippen LogP contribution in [0.2, 0.25) is 5.02 Å². The Morgan fingerprint density at radius 2 is 2.26 bits per heavy atom. The lowest BCUT2D eigenvalue weighted by Crippen LogP contribution is -2.26. The van der Waals surface area contributed by atoms with Gasteiger partial charge >= 0.3 is 6.61 Å². The first-order valence-corrected chi connectivity index (χ1v) is 7.83. The van der Waals surface area contributed by atoms with Crippen LogP contribution in [0.4, 0.5) is 8.78 Å². The quantitative estimate of drug-likeness (QED) is 0.711. The number of hydrogen-bond donors (Lipinski definition) is 1. The molecule has 124 valence electrons. The predicted molar refractivity (Wildman–Crippen MR) is 85.0 cm³/mol. The van der Waals surface area contributed by atoms with Gasteiger partial charge in [-0.05, 0) is 24.6 Å². The van der Waals surface area contributed by atoms with E-state index in [1.165, 1.54) is 24.4 Å². The van der Waals surface area contributed by atoms with Crippen molar-refractivity contribution in [1.29, 1.82) is 0 Å². The molecule has 0 spiro atoms. The minimum atomic E-state index is -2.99. The predicted octanol–water partition coefficient (Wildman–Crippen LogP) is 3.72. The van der Waals surface area contributed by atoms with Gasteiger partial charge in [-0.25, -0.2) is 0 Å². The molecule has 2 aromatic rings. The molecule has 0 atom stereocenters. The van der Waals surface area contributed by atoms with Gasteiger partial charge in [0.15, 0.2) is 0 Å². The van der Waals surface area contributed by atoms with E-state index in [2.05, 4.69) is 31.1 Å². The number of alkyl halides is 2. The summed E-state index contributed by atoms with van der Waals surface area (Å²) in [7, 11) is 0. The molecular weight excluding hydrogens is 396 g/mol. The fraction of sp³-hybridized carbons (Fsp3) is 0.286. The number of hydrogen-bond acceptors (Lipinski definition) is 3. The Balaban J connectivity index is 1.90. The molecule has 0 fully saturated rings. The van der Waals surface area contributed by atoms with E-state index in [-0.39, 0.29) is 11.3 Å². The Hall–Kier alpha value is -1.67. The molecule has 0 saturated carbocycles. The third kappa shape index (κ3) is 5.47. The third-order valence-electron chi connectivity index (χ3n) is 2.85. The summed E-state index contributed by atoms with van der Waals surface area (Å²) in [6, 6.07) is 4.27. The molecule has 23 heavy (non-hydrogen) atoms. The molecule has 0 aliphatic carbocycles. The summed E-state index contributed by atoms with van der Waals surface area (Å²) in [5, 5.41) is 7.21. The molecule has 1 heterocycles. The van der Waals surface area contributed by atoms with Crippen LogP contribution in [0.5, 0.6) is 5.75 Å². The molecule has 0 aliphatic rings. The van der Waals surface area contributed by atoms with E-state index < -0.39 is 12.5 Å². The number of aromatic nitrogens is 2. The van der Waals surface area contributed by atoms with Gasteiger partial charge < -0.3 is 10.1 Å². The second-order valence-corrected chi connectivity index (χ2v) is 5.90. The van der Waals surface area contributed by atoms with Crippen molar-refractivity contribution in [2.75, 3.05) is 6.54 Å². The fourth-order valence-corrected chi connectivity index (χ4v) is 2.39. The van der Waals surface area contributed by atoms with E-state index in [4.69, 9.17) is 11.6 Å².